The van der Waals surface area contributed by atoms with Crippen molar-refractivity contribution in [3.8, 4) is 0 Å². The van der Waals surface area contributed by atoms with Gasteiger partial charge in [-0.15, -0.1) is 0 Å². The van der Waals surface area contributed by atoms with Crippen LogP contribution < -0.4 is 5.73 Å². The van der Waals surface area contributed by atoms with Crippen LogP contribution in [0.2, 0.25) is 0 Å². The van der Waals surface area contributed by atoms with Gasteiger partial charge in [-0.25, -0.2) is 0 Å². The van der Waals surface area contributed by atoms with E-state index in [9.17, 15) is 5.11 Å². The van der Waals surface area contributed by atoms with Crippen molar-refractivity contribution in [1.82, 2.24) is 0 Å². The number of aliphatic hydroxyl groups is 1. The summed E-state index contributed by atoms with van der Waals surface area (Å²) < 4.78 is 0. The van der Waals surface area contributed by atoms with Crippen LogP contribution in [0.4, 0.5) is 0 Å². The molecule has 2 aliphatic carbocycles. The zero-order valence-corrected chi connectivity index (χ0v) is 9.10. The molecule has 0 aliphatic heterocycles. The smallest absolute Gasteiger partial charge is 0.0826 e. The van der Waals surface area contributed by atoms with Crippen molar-refractivity contribution in [1.29, 1.82) is 0 Å². The number of nitrogens with two attached hydrogens (primary N) is 1. The van der Waals surface area contributed by atoms with Gasteiger partial charge in [-0.05, 0) is 25.7 Å². The van der Waals surface area contributed by atoms with Gasteiger partial charge in [-0.1, -0.05) is 38.5 Å². The minimum atomic E-state index is -0.530. The van der Waals surface area contributed by atoms with Gasteiger partial charge >= 0.3 is 0 Å². The second kappa shape index (κ2) is 3.82. The maximum Gasteiger partial charge on any atom is 0.0826 e. The molecule has 0 radical (unpaired) electrons. The second-order valence-electron chi connectivity index (χ2n) is 5.31. The van der Waals surface area contributed by atoms with Gasteiger partial charge in [0.1, 0.15) is 0 Å². The van der Waals surface area contributed by atoms with Crippen LogP contribution in [0.5, 0.6) is 0 Å². The Kier molecular flexibility index (Phi) is 2.85. The molecule has 0 spiro atoms. The van der Waals surface area contributed by atoms with E-state index < -0.39 is 5.60 Å². The molecule has 0 bridgehead atoms. The van der Waals surface area contributed by atoms with Crippen LogP contribution in [-0.2, 0) is 0 Å². The summed E-state index contributed by atoms with van der Waals surface area (Å²) in [6.45, 7) is 0. The average Bonchev–Trinajstić information content (AvgIpc) is 2.48. The van der Waals surface area contributed by atoms with Gasteiger partial charge in [-0.3, -0.25) is 0 Å². The highest BCUT2D eigenvalue weighted by atomic mass is 16.3. The van der Waals surface area contributed by atoms with Crippen LogP contribution >= 0.6 is 0 Å². The van der Waals surface area contributed by atoms with Crippen molar-refractivity contribution < 1.29 is 5.11 Å². The minimum absolute atomic E-state index is 0.264. The molecule has 2 saturated carbocycles. The lowest BCUT2D eigenvalue weighted by Crippen LogP contribution is -2.58. The first kappa shape index (κ1) is 10.4. The fraction of sp³-hybridized carbons (Fsp3) is 1.00. The summed E-state index contributed by atoms with van der Waals surface area (Å²) in [6, 6.07) is 0. The molecule has 2 fully saturated rings. The fourth-order valence-corrected chi connectivity index (χ4v) is 3.28. The molecule has 0 saturated heterocycles. The van der Waals surface area contributed by atoms with Crippen molar-refractivity contribution >= 4 is 0 Å². The highest BCUT2D eigenvalue weighted by Gasteiger charge is 2.48. The second-order valence-corrected chi connectivity index (χ2v) is 5.31. The van der Waals surface area contributed by atoms with E-state index in [0.717, 1.165) is 38.5 Å². The first-order valence-electron chi connectivity index (χ1n) is 6.18. The Hall–Kier alpha value is -0.0800. The summed E-state index contributed by atoms with van der Waals surface area (Å²) in [5.41, 5.74) is 5.65. The molecule has 3 N–H and O–H groups in total. The van der Waals surface area contributed by atoms with Gasteiger partial charge < -0.3 is 10.8 Å². The molecular formula is C12H23NO. The average molecular weight is 197 g/mol. The zero-order chi connectivity index (χ0) is 10.1. The maximum absolute atomic E-state index is 10.6. The molecule has 2 nitrogen and oxygen atoms in total. The van der Waals surface area contributed by atoms with Crippen LogP contribution in [0.15, 0.2) is 0 Å². The molecule has 0 atom stereocenters. The van der Waals surface area contributed by atoms with E-state index in [2.05, 4.69) is 0 Å². The lowest BCUT2D eigenvalue weighted by Gasteiger charge is -2.42. The van der Waals surface area contributed by atoms with Gasteiger partial charge in [0.15, 0.2) is 0 Å². The number of rotatable bonds is 1. The number of hydrogen-bond acceptors (Lipinski definition) is 2. The third kappa shape index (κ3) is 1.70. The van der Waals surface area contributed by atoms with Crippen molar-refractivity contribution in [3.63, 3.8) is 0 Å². The van der Waals surface area contributed by atoms with Crippen LogP contribution in [0.25, 0.3) is 0 Å². The summed E-state index contributed by atoms with van der Waals surface area (Å²) in [4.78, 5) is 0. The van der Waals surface area contributed by atoms with E-state index >= 15 is 0 Å². The predicted molar refractivity (Wildman–Crippen MR) is 58.0 cm³/mol. The van der Waals surface area contributed by atoms with Crippen molar-refractivity contribution in [2.24, 2.45) is 5.73 Å². The lowest BCUT2D eigenvalue weighted by atomic mass is 9.74. The number of hydrogen-bond donors (Lipinski definition) is 2. The third-order valence-electron chi connectivity index (χ3n) is 4.35. The fourth-order valence-electron chi connectivity index (χ4n) is 3.28. The Morgan fingerprint density at radius 2 is 1.14 bits per heavy atom. The minimum Gasteiger partial charge on any atom is -0.388 e. The molecule has 0 amide bonds. The Morgan fingerprint density at radius 3 is 1.64 bits per heavy atom. The predicted octanol–water partition coefficient (Wildman–Crippen LogP) is 2.34. The monoisotopic (exact) mass is 197 g/mol. The van der Waals surface area contributed by atoms with E-state index in [1.54, 1.807) is 0 Å². The normalized spacial score (nSPS) is 31.3. The largest absolute Gasteiger partial charge is 0.388 e. The molecule has 2 heteroatoms. The molecule has 82 valence electrons. The van der Waals surface area contributed by atoms with E-state index in [4.69, 9.17) is 5.73 Å². The van der Waals surface area contributed by atoms with Crippen LogP contribution in [0.1, 0.15) is 64.2 Å². The standard InChI is InChI=1S/C12H23NO/c13-11(7-3-1-2-4-8-11)12(14)9-5-6-10-12/h14H,1-10,13H2. The molecule has 0 heterocycles. The topological polar surface area (TPSA) is 46.2 Å². The molecule has 0 aromatic heterocycles. The quantitative estimate of drug-likeness (QED) is 0.634. The lowest BCUT2D eigenvalue weighted by molar-refractivity contribution is -0.0371. The summed E-state index contributed by atoms with van der Waals surface area (Å²) in [5, 5.41) is 10.6. The van der Waals surface area contributed by atoms with Crippen molar-refractivity contribution in [2.75, 3.05) is 0 Å². The molecular weight excluding hydrogens is 174 g/mol. The van der Waals surface area contributed by atoms with Gasteiger partial charge in [0, 0.05) is 5.54 Å². The Labute approximate surface area is 86.9 Å². The molecule has 2 rings (SSSR count). The summed E-state index contributed by atoms with van der Waals surface area (Å²) in [5.74, 6) is 0. The van der Waals surface area contributed by atoms with E-state index in [1.165, 1.54) is 25.7 Å². The van der Waals surface area contributed by atoms with Crippen molar-refractivity contribution in [2.45, 2.75) is 75.3 Å². The molecule has 14 heavy (non-hydrogen) atoms. The van der Waals surface area contributed by atoms with Gasteiger partial charge in [0.25, 0.3) is 0 Å². The van der Waals surface area contributed by atoms with Gasteiger partial charge in [0.05, 0.1) is 5.60 Å². The Morgan fingerprint density at radius 1 is 0.714 bits per heavy atom. The summed E-state index contributed by atoms with van der Waals surface area (Å²) >= 11 is 0. The first-order valence-corrected chi connectivity index (χ1v) is 6.18. The van der Waals surface area contributed by atoms with Crippen molar-refractivity contribution in [3.05, 3.63) is 0 Å². The van der Waals surface area contributed by atoms with Crippen LogP contribution in [0.3, 0.4) is 0 Å². The highest BCUT2D eigenvalue weighted by molar-refractivity contribution is 5.06. The first-order chi connectivity index (χ1) is 6.66. The SMILES string of the molecule is NC1(C2(O)CCCC2)CCCCCC1. The maximum atomic E-state index is 10.6. The van der Waals surface area contributed by atoms with E-state index in [0.29, 0.717) is 0 Å². The molecule has 0 unspecified atom stereocenters. The van der Waals surface area contributed by atoms with Gasteiger partial charge in [-0.2, -0.15) is 0 Å². The summed E-state index contributed by atoms with van der Waals surface area (Å²) in [6.07, 6.45) is 11.3. The Bertz CT molecular complexity index is 188. The molecule has 0 aromatic rings. The third-order valence-corrected chi connectivity index (χ3v) is 4.35. The van der Waals surface area contributed by atoms with Gasteiger partial charge in [0.2, 0.25) is 0 Å². The zero-order valence-electron chi connectivity index (χ0n) is 9.10. The van der Waals surface area contributed by atoms with E-state index in [-0.39, 0.29) is 5.54 Å². The van der Waals surface area contributed by atoms with Crippen LogP contribution in [-0.4, -0.2) is 16.2 Å². The Balaban J connectivity index is 2.11. The summed E-state index contributed by atoms with van der Waals surface area (Å²) in [7, 11) is 0. The van der Waals surface area contributed by atoms with E-state index in [1.807, 2.05) is 0 Å². The molecule has 0 aromatic carbocycles. The van der Waals surface area contributed by atoms with Crippen LogP contribution in [0, 0.1) is 0 Å². The molecule has 2 aliphatic rings. The highest BCUT2D eigenvalue weighted by Crippen LogP contribution is 2.43.